The average molecular weight is 431 g/mol. The first-order valence-electron chi connectivity index (χ1n) is 10.9. The Kier molecular flexibility index (Phi) is 7.14. The summed E-state index contributed by atoms with van der Waals surface area (Å²) < 4.78 is 26.5. The molecule has 6 nitrogen and oxygen atoms in total. The minimum absolute atomic E-state index is 0.218. The van der Waals surface area contributed by atoms with Crippen molar-refractivity contribution in [3.05, 3.63) is 52.5 Å². The lowest BCUT2D eigenvalue weighted by Crippen LogP contribution is -2.49. The Hall–Kier alpha value is -1.99. The molecule has 0 bridgehead atoms. The number of anilines is 1. The molecule has 3 rings (SSSR count). The number of rotatable bonds is 7. The van der Waals surface area contributed by atoms with Crippen molar-refractivity contribution in [3.63, 3.8) is 0 Å². The smallest absolute Gasteiger partial charge is 0.214 e. The van der Waals surface area contributed by atoms with Gasteiger partial charge in [0.05, 0.1) is 5.75 Å². The van der Waals surface area contributed by atoms with Crippen LogP contribution in [-0.2, 0) is 16.4 Å². The second-order valence-corrected chi connectivity index (χ2v) is 10.6. The van der Waals surface area contributed by atoms with E-state index in [4.69, 9.17) is 9.97 Å². The van der Waals surface area contributed by atoms with Crippen molar-refractivity contribution in [1.82, 2.24) is 14.3 Å². The number of hydrogen-bond acceptors (Lipinski definition) is 5. The first-order chi connectivity index (χ1) is 14.2. The Morgan fingerprint density at radius 3 is 2.20 bits per heavy atom. The van der Waals surface area contributed by atoms with Crippen LogP contribution in [0.1, 0.15) is 61.3 Å². The van der Waals surface area contributed by atoms with Gasteiger partial charge in [0.1, 0.15) is 11.6 Å². The Morgan fingerprint density at radius 2 is 1.63 bits per heavy atom. The third-order valence-electron chi connectivity index (χ3n) is 5.62. The second kappa shape index (κ2) is 9.43. The third-order valence-corrected chi connectivity index (χ3v) is 7.70. The van der Waals surface area contributed by atoms with Gasteiger partial charge < -0.3 is 4.90 Å². The monoisotopic (exact) mass is 430 g/mol. The van der Waals surface area contributed by atoms with Gasteiger partial charge in [0, 0.05) is 49.8 Å². The normalized spacial score (nSPS) is 15.7. The average Bonchev–Trinajstić information content (AvgIpc) is 2.71. The zero-order valence-electron chi connectivity index (χ0n) is 18.9. The maximum absolute atomic E-state index is 12.4. The van der Waals surface area contributed by atoms with Gasteiger partial charge in [0.25, 0.3) is 0 Å². The first-order valence-corrected chi connectivity index (χ1v) is 12.5. The molecule has 1 aromatic carbocycles. The lowest BCUT2D eigenvalue weighted by atomic mass is 10.0. The van der Waals surface area contributed by atoms with E-state index in [1.165, 1.54) is 11.1 Å². The summed E-state index contributed by atoms with van der Waals surface area (Å²) in [7, 11) is -3.16. The van der Waals surface area contributed by atoms with E-state index in [2.05, 4.69) is 56.9 Å². The van der Waals surface area contributed by atoms with Crippen molar-refractivity contribution in [2.45, 2.75) is 53.4 Å². The van der Waals surface area contributed by atoms with E-state index in [1.807, 2.05) is 6.92 Å². The molecule has 1 fully saturated rings. The fraction of sp³-hybridized carbons (Fsp3) is 0.565. The van der Waals surface area contributed by atoms with E-state index < -0.39 is 10.0 Å². The van der Waals surface area contributed by atoms with Crippen LogP contribution in [0.5, 0.6) is 0 Å². The highest BCUT2D eigenvalue weighted by Crippen LogP contribution is 2.27. The molecule has 2 heterocycles. The standard InChI is InChI=1S/C23H34N4O2S/c1-6-15-30(28,29)27-13-11-26(12-14-27)23-21(16-20-9-7-18(4)8-10-20)19(5)24-22(25-23)17(2)3/h7-10,17H,6,11-16H2,1-5H3. The maximum Gasteiger partial charge on any atom is 0.214 e. The summed E-state index contributed by atoms with van der Waals surface area (Å²) in [5.74, 6) is 2.26. The number of nitrogens with zero attached hydrogens (tertiary/aromatic N) is 4. The molecule has 1 aliphatic rings. The minimum Gasteiger partial charge on any atom is -0.354 e. The van der Waals surface area contributed by atoms with Crippen LogP contribution in [-0.4, -0.2) is 54.6 Å². The molecule has 164 valence electrons. The van der Waals surface area contributed by atoms with E-state index in [0.29, 0.717) is 32.6 Å². The topological polar surface area (TPSA) is 66.4 Å². The molecule has 0 amide bonds. The number of benzene rings is 1. The molecule has 2 aromatic rings. The van der Waals surface area contributed by atoms with E-state index in [-0.39, 0.29) is 11.7 Å². The number of piperazine rings is 1. The van der Waals surface area contributed by atoms with Crippen molar-refractivity contribution in [2.75, 3.05) is 36.8 Å². The zero-order chi connectivity index (χ0) is 21.9. The summed E-state index contributed by atoms with van der Waals surface area (Å²) >= 11 is 0. The molecule has 0 radical (unpaired) electrons. The van der Waals surface area contributed by atoms with Crippen LogP contribution in [0.2, 0.25) is 0 Å². The summed E-state index contributed by atoms with van der Waals surface area (Å²) in [4.78, 5) is 12.0. The van der Waals surface area contributed by atoms with Crippen molar-refractivity contribution in [2.24, 2.45) is 0 Å². The quantitative estimate of drug-likeness (QED) is 0.670. The molecule has 1 aliphatic heterocycles. The van der Waals surface area contributed by atoms with Gasteiger partial charge in [-0.05, 0) is 25.8 Å². The van der Waals surface area contributed by atoms with E-state index in [1.54, 1.807) is 4.31 Å². The predicted molar refractivity (Wildman–Crippen MR) is 123 cm³/mol. The lowest BCUT2D eigenvalue weighted by Gasteiger charge is -2.36. The van der Waals surface area contributed by atoms with Gasteiger partial charge in [-0.25, -0.2) is 18.4 Å². The number of sulfonamides is 1. The summed E-state index contributed by atoms with van der Waals surface area (Å²) in [6.07, 6.45) is 1.42. The molecule has 0 atom stereocenters. The molecule has 0 saturated carbocycles. The van der Waals surface area contributed by atoms with Gasteiger partial charge in [0.15, 0.2) is 0 Å². The third kappa shape index (κ3) is 5.19. The van der Waals surface area contributed by atoms with Crippen LogP contribution in [0.3, 0.4) is 0 Å². The zero-order valence-corrected chi connectivity index (χ0v) is 19.7. The van der Waals surface area contributed by atoms with Crippen LogP contribution in [0.25, 0.3) is 0 Å². The highest BCUT2D eigenvalue weighted by molar-refractivity contribution is 7.89. The molecule has 7 heteroatoms. The van der Waals surface area contributed by atoms with E-state index in [0.717, 1.165) is 29.3 Å². The fourth-order valence-corrected chi connectivity index (χ4v) is 5.30. The highest BCUT2D eigenvalue weighted by atomic mass is 32.2. The molecule has 1 saturated heterocycles. The first kappa shape index (κ1) is 22.7. The SMILES string of the molecule is CCCS(=O)(=O)N1CCN(c2nc(C(C)C)nc(C)c2Cc2ccc(C)cc2)CC1. The number of hydrogen-bond donors (Lipinski definition) is 0. The summed E-state index contributed by atoms with van der Waals surface area (Å²) in [6.45, 7) is 12.6. The van der Waals surface area contributed by atoms with Gasteiger partial charge >= 0.3 is 0 Å². The lowest BCUT2D eigenvalue weighted by molar-refractivity contribution is 0.383. The molecule has 30 heavy (non-hydrogen) atoms. The van der Waals surface area contributed by atoms with Crippen LogP contribution in [0.4, 0.5) is 5.82 Å². The van der Waals surface area contributed by atoms with Gasteiger partial charge in [0.2, 0.25) is 10.0 Å². The Bertz CT molecular complexity index is 963. The van der Waals surface area contributed by atoms with Crippen molar-refractivity contribution in [1.29, 1.82) is 0 Å². The van der Waals surface area contributed by atoms with Crippen molar-refractivity contribution >= 4 is 15.8 Å². The summed E-state index contributed by atoms with van der Waals surface area (Å²) in [5, 5.41) is 0. The van der Waals surface area contributed by atoms with Crippen LogP contribution >= 0.6 is 0 Å². The minimum atomic E-state index is -3.16. The summed E-state index contributed by atoms with van der Waals surface area (Å²) in [6, 6.07) is 8.57. The van der Waals surface area contributed by atoms with Crippen molar-refractivity contribution in [3.8, 4) is 0 Å². The fourth-order valence-electron chi connectivity index (χ4n) is 3.80. The van der Waals surface area contributed by atoms with Crippen molar-refractivity contribution < 1.29 is 8.42 Å². The van der Waals surface area contributed by atoms with E-state index in [9.17, 15) is 8.42 Å². The van der Waals surface area contributed by atoms with Gasteiger partial charge in [-0.2, -0.15) is 4.31 Å². The number of aryl methyl sites for hydroxylation is 2. The molecular formula is C23H34N4O2S. The molecule has 0 aliphatic carbocycles. The van der Waals surface area contributed by atoms with Crippen LogP contribution in [0, 0.1) is 13.8 Å². The molecular weight excluding hydrogens is 396 g/mol. The Morgan fingerprint density at radius 1 is 1.00 bits per heavy atom. The Labute approximate surface area is 181 Å². The summed E-state index contributed by atoms with van der Waals surface area (Å²) in [5.41, 5.74) is 4.61. The van der Waals surface area contributed by atoms with Gasteiger partial charge in [-0.3, -0.25) is 0 Å². The predicted octanol–water partition coefficient (Wildman–Crippen LogP) is 3.67. The van der Waals surface area contributed by atoms with Crippen LogP contribution < -0.4 is 4.90 Å². The molecule has 0 unspecified atom stereocenters. The molecule has 1 aromatic heterocycles. The van der Waals surface area contributed by atoms with E-state index >= 15 is 0 Å². The van der Waals surface area contributed by atoms with Gasteiger partial charge in [-0.15, -0.1) is 0 Å². The largest absolute Gasteiger partial charge is 0.354 e. The second-order valence-electron chi connectivity index (χ2n) is 8.49. The highest BCUT2D eigenvalue weighted by Gasteiger charge is 2.28. The van der Waals surface area contributed by atoms with Crippen LogP contribution in [0.15, 0.2) is 24.3 Å². The molecule has 0 N–H and O–H groups in total. The number of aromatic nitrogens is 2. The van der Waals surface area contributed by atoms with Gasteiger partial charge in [-0.1, -0.05) is 50.6 Å². The maximum atomic E-state index is 12.4. The Balaban J connectivity index is 1.89. The molecule has 0 spiro atoms.